The number of nitrogens with zero attached hydrogens (tertiary/aromatic N) is 3. The summed E-state index contributed by atoms with van der Waals surface area (Å²) in [5, 5.41) is 0.0792. The zero-order chi connectivity index (χ0) is 23.4. The molecule has 9 heteroatoms. The Bertz CT molecular complexity index is 800. The van der Waals surface area contributed by atoms with Gasteiger partial charge < -0.3 is 23.4 Å². The molecule has 2 rings (SSSR count). The molecule has 1 aliphatic heterocycles. The van der Waals surface area contributed by atoms with Crippen molar-refractivity contribution in [2.45, 2.75) is 70.8 Å². The fourth-order valence-electron chi connectivity index (χ4n) is 3.44. The summed E-state index contributed by atoms with van der Waals surface area (Å²) in [6.45, 7) is 17.3. The molecule has 174 valence electrons. The molecule has 0 radical (unpaired) electrons. The molecule has 1 aliphatic rings. The van der Waals surface area contributed by atoms with Crippen LogP contribution in [0.3, 0.4) is 0 Å². The highest BCUT2D eigenvalue weighted by Gasteiger charge is 2.44. The van der Waals surface area contributed by atoms with Gasteiger partial charge >= 0.3 is 12.1 Å². The van der Waals surface area contributed by atoms with Crippen LogP contribution in [0, 0.1) is 0 Å². The van der Waals surface area contributed by atoms with Crippen LogP contribution in [0.25, 0.3) is 0 Å². The molecular weight excluding hydrogens is 414 g/mol. The van der Waals surface area contributed by atoms with E-state index in [1.807, 2.05) is 0 Å². The Morgan fingerprint density at radius 2 is 2.00 bits per heavy atom. The van der Waals surface area contributed by atoms with Gasteiger partial charge in [-0.15, -0.1) is 0 Å². The SMILES string of the molecule is C=CCOC(=O)N1C[C@H](O[Si](C)(C)C(C)(C)C)C[C@H]1Cc1cnc(C(=O)OCC)n1C. The maximum atomic E-state index is 12.7. The molecule has 0 aromatic carbocycles. The summed E-state index contributed by atoms with van der Waals surface area (Å²) in [6.07, 6.45) is 4.04. The molecular formula is C22H37N3O5Si. The summed E-state index contributed by atoms with van der Waals surface area (Å²) in [5.74, 6) is -0.200. The highest BCUT2D eigenvalue weighted by Crippen LogP contribution is 2.39. The van der Waals surface area contributed by atoms with E-state index in [-0.39, 0.29) is 35.7 Å². The number of esters is 1. The summed E-state index contributed by atoms with van der Waals surface area (Å²) in [4.78, 5) is 30.8. The van der Waals surface area contributed by atoms with Crippen molar-refractivity contribution in [1.82, 2.24) is 14.5 Å². The number of hydrogen-bond acceptors (Lipinski definition) is 6. The predicted octanol–water partition coefficient (Wildman–Crippen LogP) is 3.93. The van der Waals surface area contributed by atoms with Gasteiger partial charge in [0, 0.05) is 37.9 Å². The monoisotopic (exact) mass is 451 g/mol. The third-order valence-electron chi connectivity index (χ3n) is 6.19. The molecule has 8 nitrogen and oxygen atoms in total. The van der Waals surface area contributed by atoms with Crippen LogP contribution < -0.4 is 0 Å². The number of hydrogen-bond donors (Lipinski definition) is 0. The van der Waals surface area contributed by atoms with Gasteiger partial charge in [-0.05, 0) is 31.5 Å². The number of carbonyl (C=O) groups is 2. The van der Waals surface area contributed by atoms with Crippen LogP contribution in [0.1, 0.15) is 50.4 Å². The number of aromatic nitrogens is 2. The molecule has 0 unspecified atom stereocenters. The lowest BCUT2D eigenvalue weighted by molar-refractivity contribution is 0.0507. The second kappa shape index (κ2) is 9.99. The van der Waals surface area contributed by atoms with E-state index in [1.165, 1.54) is 0 Å². The lowest BCUT2D eigenvalue weighted by Gasteiger charge is -2.38. The van der Waals surface area contributed by atoms with Crippen LogP contribution in [-0.2, 0) is 27.4 Å². The minimum Gasteiger partial charge on any atom is -0.460 e. The van der Waals surface area contributed by atoms with E-state index in [1.54, 1.807) is 35.7 Å². The van der Waals surface area contributed by atoms with E-state index in [2.05, 4.69) is 45.4 Å². The Hall–Kier alpha value is -2.13. The Balaban J connectivity index is 2.21. The van der Waals surface area contributed by atoms with Crippen molar-refractivity contribution in [2.75, 3.05) is 19.8 Å². The summed E-state index contributed by atoms with van der Waals surface area (Å²) < 4.78 is 18.7. The van der Waals surface area contributed by atoms with E-state index < -0.39 is 14.3 Å². The maximum Gasteiger partial charge on any atom is 0.410 e. The molecule has 0 saturated carbocycles. The number of ether oxygens (including phenoxy) is 2. The average molecular weight is 452 g/mol. The largest absolute Gasteiger partial charge is 0.460 e. The van der Waals surface area contributed by atoms with E-state index in [9.17, 15) is 9.59 Å². The number of imidazole rings is 1. The molecule has 2 atom stereocenters. The molecule has 0 N–H and O–H groups in total. The first-order chi connectivity index (χ1) is 14.4. The first-order valence-corrected chi connectivity index (χ1v) is 13.7. The smallest absolute Gasteiger partial charge is 0.410 e. The molecule has 1 aromatic rings. The van der Waals surface area contributed by atoms with Gasteiger partial charge in [-0.1, -0.05) is 33.4 Å². The minimum atomic E-state index is -1.99. The first kappa shape index (κ1) is 25.1. The quantitative estimate of drug-likeness (QED) is 0.338. The molecule has 1 fully saturated rings. The molecule has 1 aromatic heterocycles. The Morgan fingerprint density at radius 1 is 1.32 bits per heavy atom. The van der Waals surface area contributed by atoms with Crippen molar-refractivity contribution in [3.8, 4) is 0 Å². The van der Waals surface area contributed by atoms with Gasteiger partial charge in [0.25, 0.3) is 0 Å². The van der Waals surface area contributed by atoms with Crippen molar-refractivity contribution in [2.24, 2.45) is 7.05 Å². The van der Waals surface area contributed by atoms with Crippen LogP contribution in [0.5, 0.6) is 0 Å². The van der Waals surface area contributed by atoms with Crippen LogP contribution in [0.4, 0.5) is 4.79 Å². The van der Waals surface area contributed by atoms with Gasteiger partial charge in [-0.2, -0.15) is 0 Å². The fourth-order valence-corrected chi connectivity index (χ4v) is 4.80. The second-order valence-corrected chi connectivity index (χ2v) is 14.2. The van der Waals surface area contributed by atoms with E-state index in [4.69, 9.17) is 13.9 Å². The third kappa shape index (κ3) is 5.97. The van der Waals surface area contributed by atoms with Gasteiger partial charge in [-0.25, -0.2) is 14.6 Å². The number of likely N-dealkylation sites (tertiary alicyclic amines) is 1. The van der Waals surface area contributed by atoms with Crippen molar-refractivity contribution < 1.29 is 23.5 Å². The van der Waals surface area contributed by atoms with Gasteiger partial charge in [0.1, 0.15) is 6.61 Å². The standard InChI is InChI=1S/C22H37N3O5Si/c1-9-11-29-21(27)25-15-18(30-31(7,8)22(3,4)5)13-16(25)12-17-14-23-19(24(17)6)20(26)28-10-2/h9,14,16,18H,1,10-13,15H2,2-8H3/t16-,18-/m1/s1. The van der Waals surface area contributed by atoms with Crippen molar-refractivity contribution >= 4 is 20.4 Å². The van der Waals surface area contributed by atoms with Crippen LogP contribution in [0.2, 0.25) is 18.1 Å². The second-order valence-electron chi connectivity index (χ2n) is 9.46. The molecule has 0 spiro atoms. The van der Waals surface area contributed by atoms with E-state index >= 15 is 0 Å². The van der Waals surface area contributed by atoms with Crippen LogP contribution in [0.15, 0.2) is 18.9 Å². The van der Waals surface area contributed by atoms with Crippen LogP contribution >= 0.6 is 0 Å². The highest BCUT2D eigenvalue weighted by molar-refractivity contribution is 6.74. The van der Waals surface area contributed by atoms with Crippen molar-refractivity contribution in [3.05, 3.63) is 30.4 Å². The topological polar surface area (TPSA) is 82.9 Å². The number of amides is 1. The average Bonchev–Trinajstić information content (AvgIpc) is 3.22. The molecule has 1 saturated heterocycles. The predicted molar refractivity (Wildman–Crippen MR) is 122 cm³/mol. The van der Waals surface area contributed by atoms with Gasteiger partial charge in [-0.3, -0.25) is 0 Å². The maximum absolute atomic E-state index is 12.7. The Morgan fingerprint density at radius 3 is 2.58 bits per heavy atom. The van der Waals surface area contributed by atoms with E-state index in [0.717, 1.165) is 5.69 Å². The first-order valence-electron chi connectivity index (χ1n) is 10.8. The zero-order valence-electron chi connectivity index (χ0n) is 19.9. The molecule has 0 bridgehead atoms. The van der Waals surface area contributed by atoms with Crippen LogP contribution in [-0.4, -0.2) is 66.7 Å². The zero-order valence-corrected chi connectivity index (χ0v) is 20.9. The summed E-state index contributed by atoms with van der Waals surface area (Å²) in [6, 6.07) is -0.113. The fraction of sp³-hybridized carbons (Fsp3) is 0.682. The van der Waals surface area contributed by atoms with Gasteiger partial charge in [0.05, 0.1) is 12.7 Å². The summed E-state index contributed by atoms with van der Waals surface area (Å²) in [7, 11) is -0.201. The van der Waals surface area contributed by atoms with E-state index in [0.29, 0.717) is 26.0 Å². The lowest BCUT2D eigenvalue weighted by atomic mass is 10.1. The summed E-state index contributed by atoms with van der Waals surface area (Å²) in [5.41, 5.74) is 0.850. The number of carbonyl (C=O) groups excluding carboxylic acids is 2. The van der Waals surface area contributed by atoms with Crippen molar-refractivity contribution in [3.63, 3.8) is 0 Å². The van der Waals surface area contributed by atoms with Gasteiger partial charge in [0.2, 0.25) is 5.82 Å². The molecule has 2 heterocycles. The lowest BCUT2D eigenvalue weighted by Crippen LogP contribution is -2.44. The highest BCUT2D eigenvalue weighted by atomic mass is 28.4. The van der Waals surface area contributed by atoms with Gasteiger partial charge in [0.15, 0.2) is 8.32 Å². The number of rotatable bonds is 8. The van der Waals surface area contributed by atoms with Crippen molar-refractivity contribution in [1.29, 1.82) is 0 Å². The molecule has 31 heavy (non-hydrogen) atoms. The Labute approximate surface area is 186 Å². The molecule has 1 amide bonds. The third-order valence-corrected chi connectivity index (χ3v) is 10.7. The minimum absolute atomic E-state index is 0.0556. The normalized spacial score (nSPS) is 19.4. The summed E-state index contributed by atoms with van der Waals surface area (Å²) >= 11 is 0. The molecule has 0 aliphatic carbocycles. The Kier molecular flexibility index (Phi) is 8.10.